The van der Waals surface area contributed by atoms with Gasteiger partial charge < -0.3 is 4.74 Å². The first-order valence-electron chi connectivity index (χ1n) is 17.0. The van der Waals surface area contributed by atoms with Crippen molar-refractivity contribution in [3.8, 4) is 0 Å². The van der Waals surface area contributed by atoms with Crippen LogP contribution >= 0.6 is 0 Å². The maximum atomic E-state index is 16.0. The second-order valence-corrected chi connectivity index (χ2v) is 13.4. The third-order valence-electron chi connectivity index (χ3n) is 10.8. The number of rotatable bonds is 7. The van der Waals surface area contributed by atoms with Gasteiger partial charge in [0.15, 0.2) is 5.78 Å². The van der Waals surface area contributed by atoms with E-state index in [0.717, 1.165) is 33.4 Å². The summed E-state index contributed by atoms with van der Waals surface area (Å²) in [5.74, 6) is -3.58. The Morgan fingerprint density at radius 1 is 0.600 bits per heavy atom. The zero-order chi connectivity index (χ0) is 34.8. The van der Waals surface area contributed by atoms with E-state index in [0.29, 0.717) is 22.4 Å². The Bertz CT molecular complexity index is 2080. The maximum Gasteiger partial charge on any atom is 0.338 e. The second-order valence-electron chi connectivity index (χ2n) is 13.4. The van der Waals surface area contributed by atoms with Crippen LogP contribution in [0.15, 0.2) is 133 Å². The molecule has 0 spiro atoms. The molecule has 5 aromatic carbocycles. The molecule has 6 nitrogen and oxygen atoms in total. The average molecular weight is 658 g/mol. The van der Waals surface area contributed by atoms with Crippen molar-refractivity contribution in [1.82, 2.24) is 0 Å². The quantitative estimate of drug-likeness (QED) is 0.133. The highest BCUT2D eigenvalue weighted by Crippen LogP contribution is 2.74. The highest BCUT2D eigenvalue weighted by Gasteiger charge is 2.82. The van der Waals surface area contributed by atoms with E-state index in [-0.39, 0.29) is 12.4 Å². The van der Waals surface area contributed by atoms with Gasteiger partial charge in [-0.05, 0) is 78.4 Å². The molecule has 1 heterocycles. The summed E-state index contributed by atoms with van der Waals surface area (Å²) in [6.45, 7) is 5.99. The molecule has 3 aliphatic rings. The van der Waals surface area contributed by atoms with E-state index in [1.807, 2.05) is 123 Å². The van der Waals surface area contributed by atoms with Crippen LogP contribution in [0.4, 0.5) is 5.69 Å². The number of imide groups is 1. The lowest BCUT2D eigenvalue weighted by molar-refractivity contribution is -0.130. The standard InChI is InChI=1S/C44H35NO5/c1-4-50-41(48)31-23-25-34(26-24-31)45-39(46)37-38(40(45)47)44(33-13-9-6-10-14-33)36(30-21-17-28(3)18-22-30)35(29-19-15-27(2)16-20-29)43(37,42(44)49)32-11-7-5-8-12-32/h5-26,37-38H,4H2,1-3H3/t37-,38-,43+,44+/m1/s1. The number of amides is 2. The van der Waals surface area contributed by atoms with E-state index >= 15 is 14.4 Å². The zero-order valence-corrected chi connectivity index (χ0v) is 28.1. The Balaban J connectivity index is 1.47. The van der Waals surface area contributed by atoms with Gasteiger partial charge in [-0.2, -0.15) is 0 Å². The molecule has 50 heavy (non-hydrogen) atoms. The highest BCUT2D eigenvalue weighted by atomic mass is 16.5. The van der Waals surface area contributed by atoms with Crippen molar-refractivity contribution in [2.24, 2.45) is 11.8 Å². The lowest BCUT2D eigenvalue weighted by Crippen LogP contribution is -2.45. The van der Waals surface area contributed by atoms with Crippen LogP contribution in [-0.4, -0.2) is 30.2 Å². The van der Waals surface area contributed by atoms with Crippen molar-refractivity contribution in [3.63, 3.8) is 0 Å². The summed E-state index contributed by atoms with van der Waals surface area (Å²) in [6.07, 6.45) is 0. The molecular formula is C44H35NO5. The number of benzene rings is 5. The molecule has 5 aromatic rings. The Morgan fingerprint density at radius 2 is 1.02 bits per heavy atom. The molecule has 4 atom stereocenters. The van der Waals surface area contributed by atoms with Crippen molar-refractivity contribution in [2.45, 2.75) is 31.6 Å². The number of hydrogen-bond donors (Lipinski definition) is 0. The molecule has 0 N–H and O–H groups in total. The van der Waals surface area contributed by atoms with Crippen molar-refractivity contribution < 1.29 is 23.9 Å². The maximum absolute atomic E-state index is 16.0. The van der Waals surface area contributed by atoms with Gasteiger partial charge >= 0.3 is 5.97 Å². The molecule has 246 valence electrons. The number of aryl methyl sites for hydroxylation is 2. The van der Waals surface area contributed by atoms with Gasteiger partial charge in [0.1, 0.15) is 0 Å². The lowest BCUT2D eigenvalue weighted by atomic mass is 9.59. The fourth-order valence-corrected chi connectivity index (χ4v) is 8.78. The molecule has 0 radical (unpaired) electrons. The number of fused-ring (bicyclic) bond motifs is 5. The predicted octanol–water partition coefficient (Wildman–Crippen LogP) is 7.67. The molecule has 2 bridgehead atoms. The number of ether oxygens (including phenoxy) is 1. The van der Waals surface area contributed by atoms with Gasteiger partial charge in [0.25, 0.3) is 0 Å². The molecule has 1 aliphatic heterocycles. The van der Waals surface area contributed by atoms with Gasteiger partial charge in [0.2, 0.25) is 11.8 Å². The van der Waals surface area contributed by atoms with Gasteiger partial charge in [-0.1, -0.05) is 120 Å². The number of esters is 1. The van der Waals surface area contributed by atoms with Gasteiger partial charge in [0, 0.05) is 0 Å². The molecule has 0 unspecified atom stereocenters. The SMILES string of the molecule is CCOC(=O)c1ccc(N2C(=O)[C@H]3[C@H](C2=O)[C@@]2(c4ccccc4)C(=O)[C@@]3(c3ccccc3)C(c3ccc(C)cc3)=C2c2ccc(C)cc2)cc1. The Morgan fingerprint density at radius 3 is 1.42 bits per heavy atom. The molecule has 2 fully saturated rings. The lowest BCUT2D eigenvalue weighted by Gasteiger charge is -2.39. The topological polar surface area (TPSA) is 80.8 Å². The van der Waals surface area contributed by atoms with Gasteiger partial charge in [0.05, 0.1) is 40.5 Å². The van der Waals surface area contributed by atoms with Crippen LogP contribution in [0.3, 0.4) is 0 Å². The number of anilines is 1. The van der Waals surface area contributed by atoms with Crippen molar-refractivity contribution in [1.29, 1.82) is 0 Å². The van der Waals surface area contributed by atoms with Crippen LogP contribution in [0, 0.1) is 25.7 Å². The fourth-order valence-electron chi connectivity index (χ4n) is 8.78. The molecule has 8 rings (SSSR count). The summed E-state index contributed by atoms with van der Waals surface area (Å²) in [7, 11) is 0. The average Bonchev–Trinajstić information content (AvgIpc) is 3.65. The fraction of sp³-hybridized carbons (Fsp3) is 0.182. The minimum absolute atomic E-state index is 0.164. The monoisotopic (exact) mass is 657 g/mol. The molecule has 0 aromatic heterocycles. The van der Waals surface area contributed by atoms with Crippen molar-refractivity contribution >= 4 is 40.4 Å². The predicted molar refractivity (Wildman–Crippen MR) is 192 cm³/mol. The minimum atomic E-state index is -1.48. The first-order valence-corrected chi connectivity index (χ1v) is 17.0. The second kappa shape index (κ2) is 11.6. The third-order valence-corrected chi connectivity index (χ3v) is 10.8. The molecule has 6 heteroatoms. The first-order chi connectivity index (χ1) is 24.3. The zero-order valence-electron chi connectivity index (χ0n) is 28.1. The number of allylic oxidation sites excluding steroid dienone is 2. The Kier molecular flexibility index (Phi) is 7.30. The van der Waals surface area contributed by atoms with E-state index in [9.17, 15) is 4.79 Å². The van der Waals surface area contributed by atoms with Gasteiger partial charge in [-0.3, -0.25) is 14.4 Å². The summed E-state index contributed by atoms with van der Waals surface area (Å²) in [4.78, 5) is 60.1. The van der Waals surface area contributed by atoms with E-state index in [4.69, 9.17) is 4.74 Å². The van der Waals surface area contributed by atoms with Crippen molar-refractivity contribution in [2.75, 3.05) is 11.5 Å². The van der Waals surface area contributed by atoms with E-state index in [2.05, 4.69) is 0 Å². The largest absolute Gasteiger partial charge is 0.462 e. The van der Waals surface area contributed by atoms with Crippen molar-refractivity contribution in [3.05, 3.63) is 172 Å². The van der Waals surface area contributed by atoms with E-state index in [1.165, 1.54) is 4.90 Å². The van der Waals surface area contributed by atoms with Crippen LogP contribution < -0.4 is 4.90 Å². The summed E-state index contributed by atoms with van der Waals surface area (Å²) in [5.41, 5.74) is 4.34. The van der Waals surface area contributed by atoms with Crippen LogP contribution in [0.2, 0.25) is 0 Å². The van der Waals surface area contributed by atoms with Crippen LogP contribution in [0.1, 0.15) is 50.7 Å². The summed E-state index contributed by atoms with van der Waals surface area (Å²) in [6, 6.07) is 41.5. The smallest absolute Gasteiger partial charge is 0.338 e. The van der Waals surface area contributed by atoms with Gasteiger partial charge in [-0.25, -0.2) is 9.69 Å². The normalized spacial score (nSPS) is 23.8. The number of nitrogens with zero attached hydrogens (tertiary/aromatic N) is 1. The number of carbonyl (C=O) groups is 4. The first kappa shape index (κ1) is 31.4. The number of carbonyl (C=O) groups excluding carboxylic acids is 4. The molecule has 1 saturated carbocycles. The molecule has 2 aliphatic carbocycles. The number of hydrogen-bond acceptors (Lipinski definition) is 5. The number of ketones is 1. The molecule has 2 amide bonds. The third kappa shape index (κ3) is 4.14. The minimum Gasteiger partial charge on any atom is -0.462 e. The van der Waals surface area contributed by atoms with E-state index in [1.54, 1.807) is 31.2 Å². The Labute approximate surface area is 291 Å². The summed E-state index contributed by atoms with van der Waals surface area (Å²) in [5, 5.41) is 0. The summed E-state index contributed by atoms with van der Waals surface area (Å²) >= 11 is 0. The highest BCUT2D eigenvalue weighted by molar-refractivity contribution is 6.39. The van der Waals surface area contributed by atoms with Crippen LogP contribution in [0.25, 0.3) is 11.1 Å². The van der Waals surface area contributed by atoms with Crippen LogP contribution in [-0.2, 0) is 30.0 Å². The summed E-state index contributed by atoms with van der Waals surface area (Å²) < 4.78 is 5.16. The van der Waals surface area contributed by atoms with E-state index < -0.39 is 40.4 Å². The number of Topliss-reactive ketones (excluding diaryl/α,β-unsaturated/α-hetero) is 1. The molecule has 1 saturated heterocycles. The van der Waals surface area contributed by atoms with Gasteiger partial charge in [-0.15, -0.1) is 0 Å². The Hall–Kier alpha value is -5.88. The molecular weight excluding hydrogens is 622 g/mol. The van der Waals surface area contributed by atoms with Crippen LogP contribution in [0.5, 0.6) is 0 Å².